The number of aliphatic hydroxyl groups is 1. The minimum absolute atomic E-state index is 0.357. The third-order valence-electron chi connectivity index (χ3n) is 2.69. The summed E-state index contributed by atoms with van der Waals surface area (Å²) < 4.78 is 15.6. The lowest BCUT2D eigenvalue weighted by molar-refractivity contribution is 0.206. The summed E-state index contributed by atoms with van der Waals surface area (Å²) in [6.07, 6.45) is 1.67. The second-order valence-corrected chi connectivity index (χ2v) is 4.91. The molecule has 0 saturated heterocycles. The molecule has 18 heavy (non-hydrogen) atoms. The van der Waals surface area contributed by atoms with E-state index in [1.165, 1.54) is 12.1 Å². The first-order valence-electron chi connectivity index (χ1n) is 5.78. The van der Waals surface area contributed by atoms with Crippen molar-refractivity contribution in [1.29, 1.82) is 0 Å². The molecule has 1 N–H and O–H groups in total. The van der Waals surface area contributed by atoms with E-state index in [1.54, 1.807) is 23.0 Å². The average molecular weight is 313 g/mol. The van der Waals surface area contributed by atoms with Gasteiger partial charge in [-0.1, -0.05) is 19.1 Å². The largest absolute Gasteiger partial charge is 0.382 e. The smallest absolute Gasteiger partial charge is 0.123 e. The van der Waals surface area contributed by atoms with Gasteiger partial charge in [0, 0.05) is 6.54 Å². The van der Waals surface area contributed by atoms with Crippen molar-refractivity contribution in [2.45, 2.75) is 26.0 Å². The minimum atomic E-state index is -0.885. The molecule has 96 valence electrons. The van der Waals surface area contributed by atoms with Crippen molar-refractivity contribution in [1.82, 2.24) is 9.78 Å². The van der Waals surface area contributed by atoms with Gasteiger partial charge < -0.3 is 5.11 Å². The molecule has 0 radical (unpaired) electrons. The number of aliphatic hydroxyl groups excluding tert-OH is 1. The van der Waals surface area contributed by atoms with Gasteiger partial charge in [0.2, 0.25) is 0 Å². The molecule has 0 aliphatic heterocycles. The molecule has 0 bridgehead atoms. The summed E-state index contributed by atoms with van der Waals surface area (Å²) in [6, 6.07) is 5.97. The van der Waals surface area contributed by atoms with Gasteiger partial charge in [0.25, 0.3) is 0 Å². The van der Waals surface area contributed by atoms with Crippen LogP contribution in [0.3, 0.4) is 0 Å². The number of benzene rings is 1. The van der Waals surface area contributed by atoms with E-state index in [9.17, 15) is 9.50 Å². The van der Waals surface area contributed by atoms with Gasteiger partial charge in [0.15, 0.2) is 0 Å². The van der Waals surface area contributed by atoms with E-state index in [2.05, 4.69) is 21.0 Å². The molecule has 1 unspecified atom stereocenters. The molecular weight excluding hydrogens is 299 g/mol. The fourth-order valence-electron chi connectivity index (χ4n) is 1.87. The predicted molar refractivity (Wildman–Crippen MR) is 70.7 cm³/mol. The molecule has 0 aliphatic carbocycles. The van der Waals surface area contributed by atoms with Crippen LogP contribution in [0.5, 0.6) is 0 Å². The third-order valence-corrected chi connectivity index (χ3v) is 3.30. The lowest BCUT2D eigenvalue weighted by atomic mass is 10.1. The average Bonchev–Trinajstić information content (AvgIpc) is 2.70. The molecule has 3 nitrogen and oxygen atoms in total. The summed E-state index contributed by atoms with van der Waals surface area (Å²) in [5.41, 5.74) is 1.18. The van der Waals surface area contributed by atoms with Crippen LogP contribution in [0, 0.1) is 5.82 Å². The number of aryl methyl sites for hydroxylation is 1. The van der Waals surface area contributed by atoms with Gasteiger partial charge in [-0.05, 0) is 40.0 Å². The number of hydrogen-bond acceptors (Lipinski definition) is 2. The molecule has 1 atom stereocenters. The standard InChI is InChI=1S/C13H14BrFN2O/c1-2-6-17-12(11(14)8-16-17)13(18)9-4-3-5-10(15)7-9/h3-5,7-8,13,18H,2,6H2,1H3. The molecule has 0 saturated carbocycles. The Labute approximate surface area is 113 Å². The molecule has 5 heteroatoms. The number of rotatable bonds is 4. The minimum Gasteiger partial charge on any atom is -0.382 e. The van der Waals surface area contributed by atoms with Gasteiger partial charge in [0.05, 0.1) is 16.4 Å². The Morgan fingerprint density at radius 3 is 2.94 bits per heavy atom. The topological polar surface area (TPSA) is 38.0 Å². The third kappa shape index (κ3) is 2.62. The van der Waals surface area contributed by atoms with Crippen molar-refractivity contribution >= 4 is 15.9 Å². The van der Waals surface area contributed by atoms with Crippen molar-refractivity contribution in [3.63, 3.8) is 0 Å². The van der Waals surface area contributed by atoms with E-state index in [1.807, 2.05) is 6.92 Å². The Hall–Kier alpha value is -1.20. The van der Waals surface area contributed by atoms with Gasteiger partial charge in [-0.2, -0.15) is 5.10 Å². The highest BCUT2D eigenvalue weighted by Gasteiger charge is 2.19. The maximum atomic E-state index is 13.2. The molecule has 1 heterocycles. The highest BCUT2D eigenvalue weighted by Crippen LogP contribution is 2.28. The van der Waals surface area contributed by atoms with Gasteiger partial charge in [-0.25, -0.2) is 4.39 Å². The van der Waals surface area contributed by atoms with E-state index in [-0.39, 0.29) is 5.82 Å². The highest BCUT2D eigenvalue weighted by molar-refractivity contribution is 9.10. The Kier molecular flexibility index (Phi) is 4.14. The summed E-state index contributed by atoms with van der Waals surface area (Å²) in [5, 5.41) is 14.5. The monoisotopic (exact) mass is 312 g/mol. The summed E-state index contributed by atoms with van der Waals surface area (Å²) in [7, 11) is 0. The van der Waals surface area contributed by atoms with Crippen LogP contribution in [0.15, 0.2) is 34.9 Å². The van der Waals surface area contributed by atoms with E-state index < -0.39 is 6.10 Å². The number of hydrogen-bond donors (Lipinski definition) is 1. The second-order valence-electron chi connectivity index (χ2n) is 4.06. The van der Waals surface area contributed by atoms with Crippen molar-refractivity contribution in [2.24, 2.45) is 0 Å². The molecule has 0 aliphatic rings. The lowest BCUT2D eigenvalue weighted by Gasteiger charge is -2.14. The zero-order valence-electron chi connectivity index (χ0n) is 9.98. The van der Waals surface area contributed by atoms with Crippen LogP contribution in [0.25, 0.3) is 0 Å². The zero-order chi connectivity index (χ0) is 13.1. The van der Waals surface area contributed by atoms with E-state index >= 15 is 0 Å². The van der Waals surface area contributed by atoms with Crippen LogP contribution in [-0.4, -0.2) is 14.9 Å². The quantitative estimate of drug-likeness (QED) is 0.941. The van der Waals surface area contributed by atoms with Gasteiger partial charge in [-0.15, -0.1) is 0 Å². The second kappa shape index (κ2) is 5.63. The molecule has 2 aromatic rings. The van der Waals surface area contributed by atoms with Crippen LogP contribution in [0.4, 0.5) is 4.39 Å². The summed E-state index contributed by atoms with van der Waals surface area (Å²) in [4.78, 5) is 0. The van der Waals surface area contributed by atoms with Crippen molar-refractivity contribution in [3.05, 3.63) is 52.0 Å². The van der Waals surface area contributed by atoms with Gasteiger partial charge >= 0.3 is 0 Å². The number of halogens is 2. The summed E-state index contributed by atoms with van der Waals surface area (Å²) in [5.74, 6) is -0.357. The van der Waals surface area contributed by atoms with Crippen LogP contribution < -0.4 is 0 Å². The highest BCUT2D eigenvalue weighted by atomic mass is 79.9. The van der Waals surface area contributed by atoms with E-state index in [4.69, 9.17) is 0 Å². The van der Waals surface area contributed by atoms with Gasteiger partial charge in [0.1, 0.15) is 11.9 Å². The first kappa shape index (κ1) is 13.2. The first-order chi connectivity index (χ1) is 8.63. The first-order valence-corrected chi connectivity index (χ1v) is 6.57. The van der Waals surface area contributed by atoms with Crippen LogP contribution in [-0.2, 0) is 6.54 Å². The fourth-order valence-corrected chi connectivity index (χ4v) is 2.38. The molecule has 1 aromatic heterocycles. The van der Waals surface area contributed by atoms with Gasteiger partial charge in [-0.3, -0.25) is 4.68 Å². The molecule has 2 rings (SSSR count). The van der Waals surface area contributed by atoms with Crippen molar-refractivity contribution < 1.29 is 9.50 Å². The Bertz CT molecular complexity index is 542. The van der Waals surface area contributed by atoms with Crippen LogP contribution >= 0.6 is 15.9 Å². The fraction of sp³-hybridized carbons (Fsp3) is 0.308. The van der Waals surface area contributed by atoms with E-state index in [0.717, 1.165) is 10.9 Å². The molecule has 0 fully saturated rings. The number of nitrogens with zero attached hydrogens (tertiary/aromatic N) is 2. The summed E-state index contributed by atoms with van der Waals surface area (Å²) in [6.45, 7) is 2.75. The Balaban J connectivity index is 2.39. The predicted octanol–water partition coefficient (Wildman–Crippen LogP) is 3.28. The van der Waals surface area contributed by atoms with Crippen molar-refractivity contribution in [3.8, 4) is 0 Å². The maximum Gasteiger partial charge on any atom is 0.123 e. The summed E-state index contributed by atoms with van der Waals surface area (Å²) >= 11 is 3.37. The maximum absolute atomic E-state index is 13.2. The molecule has 1 aromatic carbocycles. The van der Waals surface area contributed by atoms with Crippen molar-refractivity contribution in [2.75, 3.05) is 0 Å². The zero-order valence-corrected chi connectivity index (χ0v) is 11.6. The van der Waals surface area contributed by atoms with Crippen LogP contribution in [0.1, 0.15) is 30.7 Å². The molecular formula is C13H14BrFN2O. The Morgan fingerprint density at radius 2 is 2.28 bits per heavy atom. The molecule has 0 spiro atoms. The lowest BCUT2D eigenvalue weighted by Crippen LogP contribution is -2.10. The normalized spacial score (nSPS) is 12.7. The Morgan fingerprint density at radius 1 is 1.50 bits per heavy atom. The molecule has 0 amide bonds. The van der Waals surface area contributed by atoms with E-state index in [0.29, 0.717) is 17.8 Å². The SMILES string of the molecule is CCCn1ncc(Br)c1C(O)c1cccc(F)c1. The van der Waals surface area contributed by atoms with Crippen LogP contribution in [0.2, 0.25) is 0 Å². The number of aromatic nitrogens is 2.